The van der Waals surface area contributed by atoms with Gasteiger partial charge >= 0.3 is 0 Å². The fourth-order valence-electron chi connectivity index (χ4n) is 2.02. The second-order valence-electron chi connectivity index (χ2n) is 4.13. The smallest absolute Gasteiger partial charge is 0.129 e. The maximum absolute atomic E-state index is 11.1. The van der Waals surface area contributed by atoms with E-state index >= 15 is 0 Å². The van der Waals surface area contributed by atoms with Crippen molar-refractivity contribution < 1.29 is 9.59 Å². The maximum atomic E-state index is 11.1. The number of allylic oxidation sites excluding steroid dienone is 4. The quantitative estimate of drug-likeness (QED) is 0.622. The van der Waals surface area contributed by atoms with E-state index in [2.05, 4.69) is 15.9 Å². The third-order valence-electron chi connectivity index (χ3n) is 2.99. The van der Waals surface area contributed by atoms with Gasteiger partial charge in [0.15, 0.2) is 0 Å². The molecule has 0 heterocycles. The average Bonchev–Trinajstić information content (AvgIpc) is 2.40. The Morgan fingerprint density at radius 1 is 1.11 bits per heavy atom. The van der Waals surface area contributed by atoms with Crippen LogP contribution in [0.4, 0.5) is 0 Å². The SMILES string of the molecule is O=C=C1C=CC(Cc2ccccc2)C(=C=O)C1Br. The van der Waals surface area contributed by atoms with Gasteiger partial charge < -0.3 is 0 Å². The molecule has 0 amide bonds. The van der Waals surface area contributed by atoms with Crippen LogP contribution >= 0.6 is 15.9 Å². The minimum atomic E-state index is -0.369. The largest absolute Gasteiger partial charge is 0.233 e. The first-order valence-corrected chi connectivity index (χ1v) is 6.54. The van der Waals surface area contributed by atoms with Crippen molar-refractivity contribution in [2.24, 2.45) is 5.92 Å². The standard InChI is InChI=1S/C15H11BrO2/c16-15-13(9-17)7-6-12(14(15)10-18)8-11-4-2-1-3-5-11/h1-7,12,15H,8H2. The minimum Gasteiger partial charge on any atom is -0.233 e. The fraction of sp³-hybridized carbons (Fsp3) is 0.200. The van der Waals surface area contributed by atoms with E-state index in [1.54, 1.807) is 6.08 Å². The molecule has 2 atom stereocenters. The zero-order chi connectivity index (χ0) is 13.0. The number of hydrogen-bond acceptors (Lipinski definition) is 2. The van der Waals surface area contributed by atoms with Gasteiger partial charge in [-0.15, -0.1) is 0 Å². The Labute approximate surface area is 114 Å². The van der Waals surface area contributed by atoms with Crippen LogP contribution in [0.1, 0.15) is 5.56 Å². The predicted octanol–water partition coefficient (Wildman–Crippen LogP) is 2.69. The molecule has 18 heavy (non-hydrogen) atoms. The lowest BCUT2D eigenvalue weighted by molar-refractivity contribution is 0.560. The van der Waals surface area contributed by atoms with E-state index in [0.29, 0.717) is 11.1 Å². The predicted molar refractivity (Wildman–Crippen MR) is 73.9 cm³/mol. The summed E-state index contributed by atoms with van der Waals surface area (Å²) in [5, 5.41) is 0. The van der Waals surface area contributed by atoms with Crippen LogP contribution in [0.15, 0.2) is 53.6 Å². The van der Waals surface area contributed by atoms with Gasteiger partial charge in [-0.05, 0) is 18.1 Å². The summed E-state index contributed by atoms with van der Waals surface area (Å²) in [7, 11) is 0. The summed E-state index contributed by atoms with van der Waals surface area (Å²) in [6.45, 7) is 0. The second kappa shape index (κ2) is 5.79. The summed E-state index contributed by atoms with van der Waals surface area (Å²) in [6.07, 6.45) is 4.32. The zero-order valence-corrected chi connectivity index (χ0v) is 11.2. The molecule has 0 N–H and O–H groups in total. The molecule has 90 valence electrons. The minimum absolute atomic E-state index is 0.0219. The van der Waals surface area contributed by atoms with Gasteiger partial charge in [-0.3, -0.25) is 0 Å². The van der Waals surface area contributed by atoms with E-state index in [-0.39, 0.29) is 10.7 Å². The first kappa shape index (κ1) is 12.8. The Kier molecular flexibility index (Phi) is 4.11. The Morgan fingerprint density at radius 2 is 1.83 bits per heavy atom. The van der Waals surface area contributed by atoms with Crippen molar-refractivity contribution in [3.05, 3.63) is 59.2 Å². The molecule has 2 rings (SSSR count). The lowest BCUT2D eigenvalue weighted by Gasteiger charge is -2.22. The van der Waals surface area contributed by atoms with E-state index in [1.165, 1.54) is 0 Å². The number of halogens is 1. The van der Waals surface area contributed by atoms with Crippen LogP contribution in [-0.2, 0) is 16.0 Å². The summed E-state index contributed by atoms with van der Waals surface area (Å²) >= 11 is 3.34. The Balaban J connectivity index is 2.29. The molecule has 1 aromatic carbocycles. The van der Waals surface area contributed by atoms with E-state index < -0.39 is 0 Å². The van der Waals surface area contributed by atoms with Crippen molar-refractivity contribution >= 4 is 27.8 Å². The van der Waals surface area contributed by atoms with Crippen LogP contribution < -0.4 is 0 Å². The molecule has 1 aliphatic rings. The molecular formula is C15H11BrO2. The van der Waals surface area contributed by atoms with Crippen LogP contribution in [0.2, 0.25) is 0 Å². The van der Waals surface area contributed by atoms with Gasteiger partial charge in [0.25, 0.3) is 0 Å². The van der Waals surface area contributed by atoms with E-state index in [1.807, 2.05) is 48.3 Å². The number of hydrogen-bond donors (Lipinski definition) is 0. The molecule has 0 aliphatic heterocycles. The van der Waals surface area contributed by atoms with E-state index in [4.69, 9.17) is 0 Å². The first-order chi connectivity index (χ1) is 8.76. The lowest BCUT2D eigenvalue weighted by Crippen LogP contribution is -2.20. The number of alkyl halides is 1. The topological polar surface area (TPSA) is 34.1 Å². The normalized spacial score (nSPS) is 22.5. The zero-order valence-electron chi connectivity index (χ0n) is 9.60. The van der Waals surface area contributed by atoms with E-state index in [9.17, 15) is 9.59 Å². The number of carbonyl (C=O) groups excluding carboxylic acids is 2. The monoisotopic (exact) mass is 302 g/mol. The van der Waals surface area contributed by atoms with Crippen molar-refractivity contribution in [2.75, 3.05) is 0 Å². The summed E-state index contributed by atoms with van der Waals surface area (Å²) in [6, 6.07) is 9.93. The van der Waals surface area contributed by atoms with Gasteiger partial charge in [0.1, 0.15) is 11.9 Å². The van der Waals surface area contributed by atoms with Gasteiger partial charge in [0, 0.05) is 11.5 Å². The molecule has 2 nitrogen and oxygen atoms in total. The highest BCUT2D eigenvalue weighted by atomic mass is 79.9. The molecule has 0 aromatic heterocycles. The molecule has 0 saturated heterocycles. The van der Waals surface area contributed by atoms with Crippen molar-refractivity contribution in [1.82, 2.24) is 0 Å². The highest BCUT2D eigenvalue weighted by Crippen LogP contribution is 2.32. The van der Waals surface area contributed by atoms with Crippen LogP contribution in [0.3, 0.4) is 0 Å². The molecular weight excluding hydrogens is 292 g/mol. The van der Waals surface area contributed by atoms with Gasteiger partial charge in [-0.25, -0.2) is 9.59 Å². The number of benzene rings is 1. The molecule has 2 unspecified atom stereocenters. The summed E-state index contributed by atoms with van der Waals surface area (Å²) in [4.78, 5) is 21.4. The molecule has 0 bridgehead atoms. The van der Waals surface area contributed by atoms with Crippen molar-refractivity contribution in [3.8, 4) is 0 Å². The summed E-state index contributed by atoms with van der Waals surface area (Å²) in [5.74, 6) is 3.77. The number of rotatable bonds is 2. The summed E-state index contributed by atoms with van der Waals surface area (Å²) < 4.78 is 0. The molecule has 0 fully saturated rings. The third-order valence-corrected chi connectivity index (χ3v) is 3.97. The lowest BCUT2D eigenvalue weighted by atomic mass is 9.84. The highest BCUT2D eigenvalue weighted by molar-refractivity contribution is 9.09. The Morgan fingerprint density at radius 3 is 2.44 bits per heavy atom. The van der Waals surface area contributed by atoms with Crippen LogP contribution in [0.5, 0.6) is 0 Å². The molecule has 3 heteroatoms. The molecule has 0 saturated carbocycles. The molecule has 0 radical (unpaired) electrons. The van der Waals surface area contributed by atoms with Crippen LogP contribution in [-0.4, -0.2) is 16.7 Å². The Bertz CT molecular complexity index is 561. The molecule has 0 spiro atoms. The van der Waals surface area contributed by atoms with Crippen LogP contribution in [0.25, 0.3) is 0 Å². The first-order valence-electron chi connectivity index (χ1n) is 5.62. The van der Waals surface area contributed by atoms with Gasteiger partial charge in [0.2, 0.25) is 0 Å². The van der Waals surface area contributed by atoms with Crippen molar-refractivity contribution in [1.29, 1.82) is 0 Å². The van der Waals surface area contributed by atoms with Gasteiger partial charge in [0.05, 0.1) is 10.4 Å². The highest BCUT2D eigenvalue weighted by Gasteiger charge is 2.27. The van der Waals surface area contributed by atoms with E-state index in [0.717, 1.165) is 12.0 Å². The maximum Gasteiger partial charge on any atom is 0.129 e. The van der Waals surface area contributed by atoms with Crippen molar-refractivity contribution in [3.63, 3.8) is 0 Å². The summed E-state index contributed by atoms with van der Waals surface area (Å²) in [5.41, 5.74) is 2.15. The van der Waals surface area contributed by atoms with Gasteiger partial charge in [-0.2, -0.15) is 0 Å². The second-order valence-corrected chi connectivity index (χ2v) is 5.05. The van der Waals surface area contributed by atoms with Gasteiger partial charge in [-0.1, -0.05) is 52.3 Å². The van der Waals surface area contributed by atoms with Crippen molar-refractivity contribution in [2.45, 2.75) is 11.2 Å². The average molecular weight is 303 g/mol. The Hall–Kier alpha value is -1.66. The van der Waals surface area contributed by atoms with Crippen LogP contribution in [0, 0.1) is 5.92 Å². The fourth-order valence-corrected chi connectivity index (χ4v) is 2.70. The third kappa shape index (κ3) is 2.60. The molecule has 1 aliphatic carbocycles. The molecule has 1 aromatic rings.